The van der Waals surface area contributed by atoms with Gasteiger partial charge >= 0.3 is 0 Å². The Bertz CT molecular complexity index is 1360. The predicted octanol–water partition coefficient (Wildman–Crippen LogP) is 3.84. The minimum absolute atomic E-state index is 0.0937. The molecule has 2 aliphatic heterocycles. The van der Waals surface area contributed by atoms with Crippen LogP contribution in [0.1, 0.15) is 62.5 Å². The molecule has 1 N–H and O–H groups in total. The van der Waals surface area contributed by atoms with Crippen LogP contribution in [0.25, 0.3) is 10.4 Å². The predicted molar refractivity (Wildman–Crippen MR) is 139 cm³/mol. The number of amides is 2. The van der Waals surface area contributed by atoms with Crippen LogP contribution < -0.4 is 0 Å². The minimum atomic E-state index is -0.833. The molecule has 9 nitrogen and oxygen atoms in total. The second-order valence-electron chi connectivity index (χ2n) is 10.6. The molecule has 4 heterocycles. The number of carbonyl (C=O) groups excluding carboxylic acids is 2. The average Bonchev–Trinajstić information content (AvgIpc) is 3.62. The lowest BCUT2D eigenvalue weighted by Gasteiger charge is -2.30. The second-order valence-corrected chi connectivity index (χ2v) is 11.4. The van der Waals surface area contributed by atoms with Crippen molar-refractivity contribution in [1.82, 2.24) is 20.0 Å². The molecule has 0 radical (unpaired) electrons. The van der Waals surface area contributed by atoms with Crippen molar-refractivity contribution >= 4 is 28.9 Å². The van der Waals surface area contributed by atoms with E-state index in [-0.39, 0.29) is 30.2 Å². The number of aliphatic hydroxyl groups is 1. The summed E-state index contributed by atoms with van der Waals surface area (Å²) >= 11 is 1.59. The van der Waals surface area contributed by atoms with Gasteiger partial charge in [0.05, 0.1) is 33.6 Å². The molecule has 2 aliphatic rings. The van der Waals surface area contributed by atoms with Gasteiger partial charge in [0, 0.05) is 25.1 Å². The first-order chi connectivity index (χ1) is 17.6. The highest BCUT2D eigenvalue weighted by Crippen LogP contribution is 2.39. The number of aliphatic hydroxyl groups excluding tert-OH is 1. The van der Waals surface area contributed by atoms with Gasteiger partial charge in [-0.2, -0.15) is 4.98 Å². The van der Waals surface area contributed by atoms with Gasteiger partial charge in [-0.1, -0.05) is 43.3 Å². The highest BCUT2D eigenvalue weighted by molar-refractivity contribution is 7.13. The number of hydrogen-bond acceptors (Lipinski definition) is 8. The van der Waals surface area contributed by atoms with Gasteiger partial charge < -0.3 is 14.5 Å². The van der Waals surface area contributed by atoms with E-state index in [0.29, 0.717) is 24.4 Å². The number of β-amino-alcohol motifs (C(OH)–C–C–N with tert-alkyl or cyclic N) is 1. The molecule has 0 spiro atoms. The van der Waals surface area contributed by atoms with E-state index in [9.17, 15) is 14.7 Å². The Morgan fingerprint density at radius 2 is 1.97 bits per heavy atom. The van der Waals surface area contributed by atoms with Crippen molar-refractivity contribution in [2.24, 2.45) is 10.9 Å². The topological polar surface area (TPSA) is 122 Å². The van der Waals surface area contributed by atoms with Gasteiger partial charge in [0.2, 0.25) is 11.8 Å². The van der Waals surface area contributed by atoms with Gasteiger partial charge in [-0.15, -0.1) is 11.3 Å². The van der Waals surface area contributed by atoms with Gasteiger partial charge in [-0.05, 0) is 37.8 Å². The normalized spacial score (nSPS) is 24.7. The lowest BCUT2D eigenvalue weighted by molar-refractivity contribution is -0.134. The molecule has 1 saturated heterocycles. The number of thiazole rings is 1. The lowest BCUT2D eigenvalue weighted by Crippen LogP contribution is -2.44. The molecule has 0 bridgehead atoms. The molecule has 1 fully saturated rings. The number of aryl methyl sites for hydroxylation is 2. The molecule has 10 heteroatoms. The fourth-order valence-corrected chi connectivity index (χ4v) is 6.20. The molecule has 1 aromatic carbocycles. The number of hydrogen-bond donors (Lipinski definition) is 1. The Hall–Kier alpha value is -3.24. The zero-order valence-electron chi connectivity index (χ0n) is 21.6. The van der Waals surface area contributed by atoms with Crippen LogP contribution in [0.2, 0.25) is 0 Å². The monoisotopic (exact) mass is 521 g/mol. The van der Waals surface area contributed by atoms with Crippen molar-refractivity contribution in [3.05, 3.63) is 52.7 Å². The molecular weight excluding hydrogens is 490 g/mol. The van der Waals surface area contributed by atoms with Crippen LogP contribution in [0, 0.1) is 19.8 Å². The van der Waals surface area contributed by atoms with Crippen LogP contribution in [-0.2, 0) is 15.0 Å². The van der Waals surface area contributed by atoms with Crippen LogP contribution in [0.3, 0.4) is 0 Å². The Morgan fingerprint density at radius 3 is 2.57 bits per heavy atom. The van der Waals surface area contributed by atoms with Crippen molar-refractivity contribution < 1.29 is 19.2 Å². The average molecular weight is 522 g/mol. The van der Waals surface area contributed by atoms with E-state index in [1.54, 1.807) is 23.2 Å². The van der Waals surface area contributed by atoms with Crippen LogP contribution >= 0.6 is 11.3 Å². The smallest absolute Gasteiger partial charge is 0.256 e. The van der Waals surface area contributed by atoms with Crippen molar-refractivity contribution in [2.45, 2.75) is 70.9 Å². The quantitative estimate of drug-likeness (QED) is 0.523. The molecule has 0 aliphatic carbocycles. The lowest BCUT2D eigenvalue weighted by atomic mass is 9.78. The number of carbonyl (C=O) groups is 2. The highest BCUT2D eigenvalue weighted by Gasteiger charge is 2.48. The number of rotatable bonds is 6. The van der Waals surface area contributed by atoms with Gasteiger partial charge in [0.25, 0.3) is 5.91 Å². The first kappa shape index (κ1) is 25.4. The molecule has 3 aromatic rings. The Morgan fingerprint density at radius 1 is 1.24 bits per heavy atom. The molecule has 37 heavy (non-hydrogen) atoms. The summed E-state index contributed by atoms with van der Waals surface area (Å²) in [6, 6.07) is 7.52. The van der Waals surface area contributed by atoms with Gasteiger partial charge in [0.15, 0.2) is 5.82 Å². The minimum Gasteiger partial charge on any atom is -0.391 e. The number of nitrogens with zero attached hydrogens (tertiary/aromatic N) is 5. The summed E-state index contributed by atoms with van der Waals surface area (Å²) in [6.45, 7) is 9.61. The molecule has 0 unspecified atom stereocenters. The molecule has 5 rings (SSSR count). The molecule has 0 saturated carbocycles. The number of benzene rings is 1. The van der Waals surface area contributed by atoms with Crippen molar-refractivity contribution in [1.29, 1.82) is 0 Å². The fourth-order valence-electron chi connectivity index (χ4n) is 5.38. The molecule has 2 aromatic heterocycles. The van der Waals surface area contributed by atoms with Crippen LogP contribution in [0.4, 0.5) is 0 Å². The summed E-state index contributed by atoms with van der Waals surface area (Å²) in [5, 5.41) is 14.4. The largest absolute Gasteiger partial charge is 0.391 e. The molecule has 2 amide bonds. The third kappa shape index (κ3) is 4.53. The van der Waals surface area contributed by atoms with E-state index in [2.05, 4.69) is 20.1 Å². The standard InChI is InChI=1S/C27H31N5O4S/c1-14(2)22(24-29-16(4)31-36-24)25(34)32-12-19(33)10-21(32)20-11-27(5,26(35)30-20)18-8-6-17(7-9-18)23-15(3)28-13-37-23/h6-9,13-14,19,21-22,33H,10-12H2,1-5H3/t19-,21-,22+,27+/m1/s1. The Kier molecular flexibility index (Phi) is 6.57. The maximum Gasteiger partial charge on any atom is 0.256 e. The van der Waals surface area contributed by atoms with Crippen molar-refractivity contribution in [3.63, 3.8) is 0 Å². The van der Waals surface area contributed by atoms with E-state index in [4.69, 9.17) is 4.52 Å². The van der Waals surface area contributed by atoms with E-state index in [1.807, 2.05) is 57.5 Å². The highest BCUT2D eigenvalue weighted by atomic mass is 32.1. The van der Waals surface area contributed by atoms with E-state index in [1.165, 1.54) is 0 Å². The molecular formula is C27H31N5O4S. The van der Waals surface area contributed by atoms with Gasteiger partial charge in [-0.25, -0.2) is 9.98 Å². The zero-order chi connectivity index (χ0) is 26.5. The maximum absolute atomic E-state index is 13.7. The zero-order valence-corrected chi connectivity index (χ0v) is 22.5. The molecule has 194 valence electrons. The van der Waals surface area contributed by atoms with Crippen LogP contribution in [-0.4, -0.2) is 61.3 Å². The summed E-state index contributed by atoms with van der Waals surface area (Å²) in [5.41, 5.74) is 4.54. The van der Waals surface area contributed by atoms with E-state index < -0.39 is 23.5 Å². The van der Waals surface area contributed by atoms with Gasteiger partial charge in [0.1, 0.15) is 5.92 Å². The first-order valence-electron chi connectivity index (χ1n) is 12.5. The summed E-state index contributed by atoms with van der Waals surface area (Å²) in [7, 11) is 0. The number of aromatic nitrogens is 3. The Labute approximate surface area is 219 Å². The fraction of sp³-hybridized carbons (Fsp3) is 0.481. The summed E-state index contributed by atoms with van der Waals surface area (Å²) in [4.78, 5) is 42.8. The SMILES string of the molecule is Cc1noc([C@@H](C(=O)N2C[C@H](O)C[C@@H]2C2=NC(=O)[C@](C)(c3ccc(-c4scnc4C)cc3)C2)C(C)C)n1. The van der Waals surface area contributed by atoms with Gasteiger partial charge in [-0.3, -0.25) is 9.59 Å². The summed E-state index contributed by atoms with van der Waals surface area (Å²) < 4.78 is 5.35. The van der Waals surface area contributed by atoms with E-state index in [0.717, 1.165) is 21.7 Å². The van der Waals surface area contributed by atoms with Crippen LogP contribution in [0.15, 0.2) is 39.3 Å². The first-order valence-corrected chi connectivity index (χ1v) is 13.4. The number of likely N-dealkylation sites (tertiary alicyclic amines) is 1. The van der Waals surface area contributed by atoms with Crippen molar-refractivity contribution in [3.8, 4) is 10.4 Å². The third-order valence-corrected chi connectivity index (χ3v) is 8.45. The number of aliphatic imine (C=N–C) groups is 1. The van der Waals surface area contributed by atoms with Crippen molar-refractivity contribution in [2.75, 3.05) is 6.54 Å². The summed E-state index contributed by atoms with van der Waals surface area (Å²) in [6.07, 6.45) is 0.0288. The van der Waals surface area contributed by atoms with Crippen LogP contribution in [0.5, 0.6) is 0 Å². The Balaban J connectivity index is 1.39. The second kappa shape index (κ2) is 9.57. The maximum atomic E-state index is 13.7. The van der Waals surface area contributed by atoms with E-state index >= 15 is 0 Å². The summed E-state index contributed by atoms with van der Waals surface area (Å²) in [5.74, 6) is -0.434. The molecule has 4 atom stereocenters. The third-order valence-electron chi connectivity index (χ3n) is 7.47.